The molecule has 3 aromatic carbocycles. The van der Waals surface area contributed by atoms with Crippen LogP contribution in [0.2, 0.25) is 0 Å². The molecular formula is C22H17BrN2O3S. The maximum atomic E-state index is 13.1. The van der Waals surface area contributed by atoms with Crippen molar-refractivity contribution in [1.29, 1.82) is 0 Å². The summed E-state index contributed by atoms with van der Waals surface area (Å²) in [5, 5.41) is 2.88. The first-order valence-corrected chi connectivity index (χ1v) is 10.9. The lowest BCUT2D eigenvalue weighted by Gasteiger charge is -2.18. The number of anilines is 1. The van der Waals surface area contributed by atoms with Gasteiger partial charge in [0.05, 0.1) is 31.8 Å². The van der Waals surface area contributed by atoms with Crippen molar-refractivity contribution in [2.75, 3.05) is 11.9 Å². The standard InChI is InChI=1S/C22H17BrN2O3S/c1-25-18-12-15(21(26)24-13-14-6-9-16(23)10-7-14)8-11-20(18)29(28)19-5-3-2-4-17(19)22(25)27/h2-12H,13H2,1H3,(H,24,26). The molecule has 0 fully saturated rings. The van der Waals surface area contributed by atoms with Crippen LogP contribution >= 0.6 is 15.9 Å². The summed E-state index contributed by atoms with van der Waals surface area (Å²) in [5.74, 6) is -0.510. The van der Waals surface area contributed by atoms with Crippen molar-refractivity contribution in [2.45, 2.75) is 16.3 Å². The monoisotopic (exact) mass is 468 g/mol. The second-order valence-electron chi connectivity index (χ2n) is 6.62. The summed E-state index contributed by atoms with van der Waals surface area (Å²) in [6.07, 6.45) is 0. The molecule has 1 heterocycles. The quantitative estimate of drug-likeness (QED) is 0.627. The third-order valence-corrected chi connectivity index (χ3v) is 6.80. The number of carbonyl (C=O) groups is 2. The molecule has 7 heteroatoms. The van der Waals surface area contributed by atoms with Crippen LogP contribution in [0.25, 0.3) is 0 Å². The second kappa shape index (κ2) is 7.93. The molecule has 0 aromatic heterocycles. The predicted octanol–water partition coefficient (Wildman–Crippen LogP) is 4.14. The van der Waals surface area contributed by atoms with Crippen molar-refractivity contribution < 1.29 is 13.8 Å². The Labute approximate surface area is 179 Å². The summed E-state index contributed by atoms with van der Waals surface area (Å²) in [6, 6.07) is 19.5. The number of hydrogen-bond acceptors (Lipinski definition) is 3. The Balaban J connectivity index is 1.63. The summed E-state index contributed by atoms with van der Waals surface area (Å²) < 4.78 is 14.0. The molecule has 1 N–H and O–H groups in total. The fraction of sp³-hybridized carbons (Fsp3) is 0.0909. The van der Waals surface area contributed by atoms with E-state index in [4.69, 9.17) is 0 Å². The lowest BCUT2D eigenvalue weighted by Crippen LogP contribution is -2.27. The molecule has 1 aliphatic rings. The number of amides is 2. The molecule has 0 spiro atoms. The van der Waals surface area contributed by atoms with Gasteiger partial charge in [-0.1, -0.05) is 40.2 Å². The lowest BCUT2D eigenvalue weighted by atomic mass is 10.1. The maximum Gasteiger partial charge on any atom is 0.259 e. The van der Waals surface area contributed by atoms with Crippen LogP contribution in [0.15, 0.2) is 81.0 Å². The van der Waals surface area contributed by atoms with Crippen LogP contribution in [0.1, 0.15) is 26.3 Å². The number of halogens is 1. The first kappa shape index (κ1) is 19.5. The SMILES string of the molecule is CN1C(=O)c2ccccc2S(=O)c2ccc(C(=O)NCc3ccc(Br)cc3)cc21. The summed E-state index contributed by atoms with van der Waals surface area (Å²) in [6.45, 7) is 0.384. The molecule has 0 radical (unpaired) electrons. The topological polar surface area (TPSA) is 66.5 Å². The number of carbonyl (C=O) groups excluding carboxylic acids is 2. The lowest BCUT2D eigenvalue weighted by molar-refractivity contribution is 0.0948. The fourth-order valence-electron chi connectivity index (χ4n) is 3.18. The first-order valence-electron chi connectivity index (χ1n) is 8.91. The van der Waals surface area contributed by atoms with E-state index in [1.54, 1.807) is 49.5 Å². The zero-order valence-electron chi connectivity index (χ0n) is 15.5. The van der Waals surface area contributed by atoms with Crippen LogP contribution in [-0.4, -0.2) is 23.1 Å². The van der Waals surface area contributed by atoms with Crippen molar-refractivity contribution in [2.24, 2.45) is 0 Å². The van der Waals surface area contributed by atoms with Crippen molar-refractivity contribution in [3.8, 4) is 0 Å². The number of nitrogens with zero attached hydrogens (tertiary/aromatic N) is 1. The normalized spacial score (nSPS) is 15.3. The van der Waals surface area contributed by atoms with Gasteiger partial charge in [0, 0.05) is 23.6 Å². The van der Waals surface area contributed by atoms with E-state index in [0.29, 0.717) is 33.2 Å². The van der Waals surface area contributed by atoms with Crippen LogP contribution < -0.4 is 10.2 Å². The average Bonchev–Trinajstić information content (AvgIpc) is 2.83. The van der Waals surface area contributed by atoms with Gasteiger partial charge < -0.3 is 10.2 Å². The molecule has 1 unspecified atom stereocenters. The van der Waals surface area contributed by atoms with E-state index in [0.717, 1.165) is 10.0 Å². The molecule has 146 valence electrons. The molecular weight excluding hydrogens is 452 g/mol. The third-order valence-electron chi connectivity index (χ3n) is 4.77. The molecule has 0 aliphatic carbocycles. The molecule has 1 atom stereocenters. The van der Waals surface area contributed by atoms with Crippen molar-refractivity contribution in [3.05, 3.63) is 87.9 Å². The second-order valence-corrected chi connectivity index (χ2v) is 8.95. The summed E-state index contributed by atoms with van der Waals surface area (Å²) in [5.41, 5.74) is 2.26. The number of rotatable bonds is 3. The maximum absolute atomic E-state index is 13.1. The summed E-state index contributed by atoms with van der Waals surface area (Å²) in [7, 11) is 0.124. The van der Waals surface area contributed by atoms with Gasteiger partial charge >= 0.3 is 0 Å². The minimum absolute atomic E-state index is 0.250. The van der Waals surface area contributed by atoms with Gasteiger partial charge in [-0.25, -0.2) is 4.21 Å². The fourth-order valence-corrected chi connectivity index (χ4v) is 4.81. The van der Waals surface area contributed by atoms with E-state index in [9.17, 15) is 13.8 Å². The number of fused-ring (bicyclic) bond motifs is 2. The highest BCUT2D eigenvalue weighted by Crippen LogP contribution is 2.34. The highest BCUT2D eigenvalue weighted by Gasteiger charge is 2.29. The molecule has 3 aromatic rings. The van der Waals surface area contributed by atoms with Crippen molar-refractivity contribution in [3.63, 3.8) is 0 Å². The Bertz CT molecular complexity index is 1150. The molecule has 0 saturated heterocycles. The minimum atomic E-state index is -1.50. The van der Waals surface area contributed by atoms with Gasteiger partial charge in [-0.3, -0.25) is 9.59 Å². The first-order chi connectivity index (χ1) is 14.0. The van der Waals surface area contributed by atoms with Gasteiger partial charge in [-0.15, -0.1) is 0 Å². The van der Waals surface area contributed by atoms with Crippen LogP contribution in [0.3, 0.4) is 0 Å². The van der Waals surface area contributed by atoms with Gasteiger partial charge in [0.2, 0.25) is 0 Å². The number of benzene rings is 3. The largest absolute Gasteiger partial charge is 0.348 e. The Morgan fingerprint density at radius 3 is 2.52 bits per heavy atom. The van der Waals surface area contributed by atoms with E-state index in [-0.39, 0.29) is 11.8 Å². The molecule has 0 bridgehead atoms. The molecule has 4 rings (SSSR count). The molecule has 29 heavy (non-hydrogen) atoms. The Morgan fingerprint density at radius 1 is 1.03 bits per heavy atom. The van der Waals surface area contributed by atoms with Gasteiger partial charge in [0.15, 0.2) is 0 Å². The van der Waals surface area contributed by atoms with E-state index in [1.807, 2.05) is 24.3 Å². The zero-order valence-corrected chi connectivity index (χ0v) is 17.9. The molecule has 0 saturated carbocycles. The van der Waals surface area contributed by atoms with Crippen molar-refractivity contribution in [1.82, 2.24) is 5.32 Å². The highest BCUT2D eigenvalue weighted by molar-refractivity contribution is 9.10. The van der Waals surface area contributed by atoms with Crippen molar-refractivity contribution >= 4 is 44.2 Å². The Morgan fingerprint density at radius 2 is 1.76 bits per heavy atom. The number of hydrogen-bond donors (Lipinski definition) is 1. The van der Waals surface area contributed by atoms with E-state index in [2.05, 4.69) is 21.2 Å². The van der Waals surface area contributed by atoms with Crippen LogP contribution in [0, 0.1) is 0 Å². The Hall–Kier alpha value is -2.77. The van der Waals surface area contributed by atoms with Gasteiger partial charge in [0.1, 0.15) is 0 Å². The van der Waals surface area contributed by atoms with Gasteiger partial charge in [-0.2, -0.15) is 0 Å². The van der Waals surface area contributed by atoms with Crippen LogP contribution in [-0.2, 0) is 17.3 Å². The van der Waals surface area contributed by atoms with Gasteiger partial charge in [0.25, 0.3) is 11.8 Å². The van der Waals surface area contributed by atoms with Gasteiger partial charge in [-0.05, 0) is 48.0 Å². The summed E-state index contributed by atoms with van der Waals surface area (Å²) >= 11 is 3.39. The Kier molecular flexibility index (Phi) is 5.34. The average molecular weight is 469 g/mol. The van der Waals surface area contributed by atoms with E-state index < -0.39 is 10.8 Å². The highest BCUT2D eigenvalue weighted by atomic mass is 79.9. The van der Waals surface area contributed by atoms with E-state index >= 15 is 0 Å². The third kappa shape index (κ3) is 3.75. The smallest absolute Gasteiger partial charge is 0.259 e. The molecule has 1 aliphatic heterocycles. The molecule has 5 nitrogen and oxygen atoms in total. The molecule has 2 amide bonds. The summed E-state index contributed by atoms with van der Waals surface area (Å²) in [4.78, 5) is 27.9. The van der Waals surface area contributed by atoms with Crippen LogP contribution in [0.5, 0.6) is 0 Å². The zero-order chi connectivity index (χ0) is 20.5. The number of nitrogens with one attached hydrogen (secondary N) is 1. The van der Waals surface area contributed by atoms with E-state index in [1.165, 1.54) is 4.90 Å². The minimum Gasteiger partial charge on any atom is -0.348 e. The predicted molar refractivity (Wildman–Crippen MR) is 116 cm³/mol. The van der Waals surface area contributed by atoms with Crippen LogP contribution in [0.4, 0.5) is 5.69 Å².